The fraction of sp³-hybridized carbons (Fsp3) is 0.458. The summed E-state index contributed by atoms with van der Waals surface area (Å²) in [4.78, 5) is 19.7. The van der Waals surface area contributed by atoms with E-state index in [-0.39, 0.29) is 5.91 Å². The van der Waals surface area contributed by atoms with Crippen molar-refractivity contribution in [1.29, 1.82) is 0 Å². The highest BCUT2D eigenvalue weighted by molar-refractivity contribution is 7.14. The molecule has 2 aliphatic rings. The Labute approximate surface area is 172 Å². The lowest BCUT2D eigenvalue weighted by Crippen LogP contribution is -2.35. The first kappa shape index (κ1) is 19.4. The second-order valence-electron chi connectivity index (χ2n) is 7.96. The van der Waals surface area contributed by atoms with E-state index in [2.05, 4.69) is 41.3 Å². The maximum Gasteiger partial charge on any atom is 0.263 e. The zero-order valence-corrected chi connectivity index (χ0v) is 17.4. The molecule has 28 heavy (non-hydrogen) atoms. The van der Waals surface area contributed by atoms with Crippen LogP contribution in [-0.2, 0) is 6.54 Å². The number of hydrogen-bond acceptors (Lipinski definition) is 3. The molecule has 1 aromatic heterocycles. The molecule has 0 bridgehead atoms. The van der Waals surface area contributed by atoms with Gasteiger partial charge in [-0.25, -0.2) is 0 Å². The number of hydrogen-bond donors (Lipinski definition) is 0. The molecule has 0 aliphatic carbocycles. The minimum absolute atomic E-state index is 0.214. The van der Waals surface area contributed by atoms with Gasteiger partial charge in [-0.3, -0.25) is 9.69 Å². The Hall–Kier alpha value is -1.91. The summed E-state index contributed by atoms with van der Waals surface area (Å²) in [6.45, 7) is 5.06. The number of nitrogens with zero attached hydrogens (tertiary/aromatic N) is 2. The van der Waals surface area contributed by atoms with Crippen molar-refractivity contribution in [2.24, 2.45) is 0 Å². The van der Waals surface area contributed by atoms with Gasteiger partial charge in [0, 0.05) is 24.5 Å². The molecule has 0 spiro atoms. The van der Waals surface area contributed by atoms with Crippen LogP contribution >= 0.6 is 11.3 Å². The smallest absolute Gasteiger partial charge is 0.263 e. The maximum atomic E-state index is 12.9. The number of amides is 1. The number of piperidine rings is 1. The molecule has 148 valence electrons. The van der Waals surface area contributed by atoms with Crippen molar-refractivity contribution in [3.8, 4) is 0 Å². The number of rotatable bonds is 4. The predicted molar refractivity (Wildman–Crippen MR) is 118 cm³/mol. The zero-order chi connectivity index (χ0) is 19.2. The van der Waals surface area contributed by atoms with Gasteiger partial charge < -0.3 is 4.90 Å². The van der Waals surface area contributed by atoms with Gasteiger partial charge in [-0.2, -0.15) is 0 Å². The number of carbonyl (C=O) groups excluding carboxylic acids is 1. The second kappa shape index (κ2) is 9.53. The van der Waals surface area contributed by atoms with Crippen LogP contribution in [0.25, 0.3) is 6.08 Å². The number of likely N-dealkylation sites (tertiary alicyclic amines) is 2. The van der Waals surface area contributed by atoms with Crippen molar-refractivity contribution in [2.75, 3.05) is 26.2 Å². The van der Waals surface area contributed by atoms with E-state index in [0.29, 0.717) is 0 Å². The summed E-state index contributed by atoms with van der Waals surface area (Å²) in [6, 6.07) is 14.7. The van der Waals surface area contributed by atoms with Crippen molar-refractivity contribution >= 4 is 23.3 Å². The Bertz CT molecular complexity index is 793. The Balaban J connectivity index is 1.32. The van der Waals surface area contributed by atoms with E-state index >= 15 is 0 Å². The van der Waals surface area contributed by atoms with Crippen LogP contribution in [0, 0.1) is 0 Å². The van der Waals surface area contributed by atoms with Crippen LogP contribution < -0.4 is 0 Å². The molecule has 1 amide bonds. The lowest BCUT2D eigenvalue weighted by Gasteiger charge is -2.28. The third-order valence-electron chi connectivity index (χ3n) is 5.81. The summed E-state index contributed by atoms with van der Waals surface area (Å²) in [7, 11) is 0. The van der Waals surface area contributed by atoms with Gasteiger partial charge in [0.1, 0.15) is 0 Å². The van der Waals surface area contributed by atoms with Crippen molar-refractivity contribution < 1.29 is 4.79 Å². The van der Waals surface area contributed by atoms with Crippen LogP contribution in [-0.4, -0.2) is 41.9 Å². The summed E-state index contributed by atoms with van der Waals surface area (Å²) in [5.41, 5.74) is 2.71. The highest BCUT2D eigenvalue weighted by atomic mass is 32.1. The van der Waals surface area contributed by atoms with Crippen LogP contribution in [0.3, 0.4) is 0 Å². The van der Waals surface area contributed by atoms with Crippen LogP contribution in [0.1, 0.15) is 58.6 Å². The first-order chi connectivity index (χ1) is 13.8. The predicted octanol–water partition coefficient (Wildman–Crippen LogP) is 5.44. The zero-order valence-electron chi connectivity index (χ0n) is 16.6. The van der Waals surface area contributed by atoms with Gasteiger partial charge >= 0.3 is 0 Å². The molecule has 3 nitrogen and oxygen atoms in total. The van der Waals surface area contributed by atoms with Crippen LogP contribution in [0.4, 0.5) is 0 Å². The minimum Gasteiger partial charge on any atom is -0.337 e. The van der Waals surface area contributed by atoms with Crippen molar-refractivity contribution in [2.45, 2.75) is 45.1 Å². The van der Waals surface area contributed by atoms with Gasteiger partial charge in [-0.15, -0.1) is 11.3 Å². The van der Waals surface area contributed by atoms with E-state index in [9.17, 15) is 4.79 Å². The SMILES string of the molecule is O=C(c1ccc(CN2CCCCCC2)s1)N1CCC(=Cc2ccccc2)CC1. The first-order valence-corrected chi connectivity index (χ1v) is 11.4. The molecule has 4 rings (SSSR count). The normalized spacial score (nSPS) is 18.7. The molecule has 2 aromatic rings. The van der Waals surface area contributed by atoms with Crippen molar-refractivity contribution in [3.63, 3.8) is 0 Å². The third-order valence-corrected chi connectivity index (χ3v) is 6.87. The lowest BCUT2D eigenvalue weighted by atomic mass is 10.0. The fourth-order valence-electron chi connectivity index (χ4n) is 4.17. The average molecular weight is 395 g/mol. The summed E-state index contributed by atoms with van der Waals surface area (Å²) in [5, 5.41) is 0. The Kier molecular flexibility index (Phi) is 6.61. The largest absolute Gasteiger partial charge is 0.337 e. The quantitative estimate of drug-likeness (QED) is 0.689. The van der Waals surface area contributed by atoms with Crippen molar-refractivity contribution in [3.05, 3.63) is 63.4 Å². The molecule has 2 saturated heterocycles. The van der Waals surface area contributed by atoms with E-state index in [1.54, 1.807) is 11.3 Å². The van der Waals surface area contributed by atoms with Gasteiger partial charge in [-0.05, 0) is 56.5 Å². The molecular formula is C24H30N2OS. The highest BCUT2D eigenvalue weighted by Gasteiger charge is 2.22. The molecule has 2 aliphatic heterocycles. The molecule has 0 unspecified atom stereocenters. The molecule has 0 N–H and O–H groups in total. The number of thiophene rings is 1. The Morgan fingerprint density at radius 2 is 1.61 bits per heavy atom. The first-order valence-electron chi connectivity index (χ1n) is 10.6. The topological polar surface area (TPSA) is 23.6 Å². The lowest BCUT2D eigenvalue weighted by molar-refractivity contribution is 0.0749. The fourth-order valence-corrected chi connectivity index (χ4v) is 5.19. The maximum absolute atomic E-state index is 12.9. The monoisotopic (exact) mass is 394 g/mol. The van der Waals surface area contributed by atoms with Crippen LogP contribution in [0.5, 0.6) is 0 Å². The van der Waals surface area contributed by atoms with E-state index in [4.69, 9.17) is 0 Å². The summed E-state index contributed by atoms with van der Waals surface area (Å²) < 4.78 is 0. The summed E-state index contributed by atoms with van der Waals surface area (Å²) >= 11 is 1.69. The van der Waals surface area contributed by atoms with E-state index < -0.39 is 0 Å². The van der Waals surface area contributed by atoms with Crippen LogP contribution in [0.15, 0.2) is 48.0 Å². The Morgan fingerprint density at radius 1 is 0.893 bits per heavy atom. The Morgan fingerprint density at radius 3 is 2.32 bits per heavy atom. The minimum atomic E-state index is 0.214. The van der Waals surface area contributed by atoms with E-state index in [1.807, 2.05) is 17.0 Å². The standard InChI is InChI=1S/C24H30N2OS/c27-24(23-11-10-22(28-23)19-25-14-6-1-2-7-15-25)26-16-12-21(13-17-26)18-20-8-4-3-5-9-20/h3-5,8-11,18H,1-2,6-7,12-17,19H2. The van der Waals surface area contributed by atoms with Gasteiger partial charge in [0.2, 0.25) is 0 Å². The highest BCUT2D eigenvalue weighted by Crippen LogP contribution is 2.25. The molecule has 4 heteroatoms. The summed E-state index contributed by atoms with van der Waals surface area (Å²) in [5.74, 6) is 0.214. The van der Waals surface area contributed by atoms with Gasteiger partial charge in [0.15, 0.2) is 0 Å². The third kappa shape index (κ3) is 5.12. The average Bonchev–Trinajstić information content (AvgIpc) is 3.04. The van der Waals surface area contributed by atoms with E-state index in [1.165, 1.54) is 54.8 Å². The van der Waals surface area contributed by atoms with Crippen LogP contribution in [0.2, 0.25) is 0 Å². The van der Waals surface area contributed by atoms with Gasteiger partial charge in [0.05, 0.1) is 4.88 Å². The molecule has 2 fully saturated rings. The molecule has 0 atom stereocenters. The van der Waals surface area contributed by atoms with Gasteiger partial charge in [0.25, 0.3) is 5.91 Å². The van der Waals surface area contributed by atoms with Crippen molar-refractivity contribution in [1.82, 2.24) is 9.80 Å². The second-order valence-corrected chi connectivity index (χ2v) is 9.13. The van der Waals surface area contributed by atoms with Gasteiger partial charge in [-0.1, -0.05) is 54.8 Å². The number of carbonyl (C=O) groups is 1. The van der Waals surface area contributed by atoms with E-state index in [0.717, 1.165) is 37.4 Å². The summed E-state index contributed by atoms with van der Waals surface area (Å²) in [6.07, 6.45) is 9.58. The molecule has 3 heterocycles. The molecule has 0 saturated carbocycles. The molecule has 0 radical (unpaired) electrons. The molecule has 1 aromatic carbocycles. The molecular weight excluding hydrogens is 364 g/mol. The number of benzene rings is 1.